The first-order valence-electron chi connectivity index (χ1n) is 10.4. The Bertz CT molecular complexity index is 814. The summed E-state index contributed by atoms with van der Waals surface area (Å²) in [7, 11) is 1.90. The second-order valence-corrected chi connectivity index (χ2v) is 8.13. The van der Waals surface area contributed by atoms with E-state index in [1.165, 1.54) is 18.9 Å². The molecule has 1 aromatic heterocycles. The summed E-state index contributed by atoms with van der Waals surface area (Å²) in [5, 5.41) is 7.68. The molecule has 6 heteroatoms. The van der Waals surface area contributed by atoms with Crippen molar-refractivity contribution in [2.75, 3.05) is 19.6 Å². The van der Waals surface area contributed by atoms with Crippen molar-refractivity contribution < 1.29 is 9.18 Å². The lowest BCUT2D eigenvalue weighted by Gasteiger charge is -2.33. The molecule has 1 saturated carbocycles. The molecule has 1 amide bonds. The second kappa shape index (κ2) is 8.43. The molecule has 0 unspecified atom stereocenters. The molecular formula is C22H29FN4O. The van der Waals surface area contributed by atoms with Gasteiger partial charge in [-0.15, -0.1) is 0 Å². The van der Waals surface area contributed by atoms with Gasteiger partial charge in [-0.2, -0.15) is 5.10 Å². The summed E-state index contributed by atoms with van der Waals surface area (Å²) < 4.78 is 15.9. The number of benzene rings is 1. The molecule has 28 heavy (non-hydrogen) atoms. The number of amides is 1. The van der Waals surface area contributed by atoms with E-state index < -0.39 is 0 Å². The van der Waals surface area contributed by atoms with Crippen LogP contribution in [0.25, 0.3) is 0 Å². The number of carbonyl (C=O) groups is 1. The first kappa shape index (κ1) is 19.1. The van der Waals surface area contributed by atoms with Crippen LogP contribution in [-0.2, 0) is 18.3 Å². The number of aromatic nitrogens is 2. The number of halogens is 1. The standard InChI is InChI=1S/C22H29FN4O/c1-26-15-17(12-25-26)19-13-24-14-20(19)22(28)27(18-7-3-4-8-18)11-10-16-6-2-5-9-21(16)23/h2,5-6,9,12,15,18-20,24H,3-4,7-8,10-11,13-14H2,1H3/t19-,20+/m1/s1. The molecule has 2 aliphatic rings. The molecule has 1 saturated heterocycles. The third kappa shape index (κ3) is 3.97. The van der Waals surface area contributed by atoms with Crippen molar-refractivity contribution in [3.05, 3.63) is 53.6 Å². The zero-order valence-electron chi connectivity index (χ0n) is 16.5. The summed E-state index contributed by atoms with van der Waals surface area (Å²) in [4.78, 5) is 15.7. The van der Waals surface area contributed by atoms with Gasteiger partial charge in [-0.05, 0) is 36.5 Å². The fourth-order valence-corrected chi connectivity index (χ4v) is 4.76. The molecule has 4 rings (SSSR count). The quantitative estimate of drug-likeness (QED) is 0.833. The third-order valence-electron chi connectivity index (χ3n) is 6.31. The van der Waals surface area contributed by atoms with Gasteiger partial charge in [0.1, 0.15) is 5.82 Å². The second-order valence-electron chi connectivity index (χ2n) is 8.13. The molecule has 2 fully saturated rings. The first-order chi connectivity index (χ1) is 13.6. The Hall–Kier alpha value is -2.21. The molecule has 0 bridgehead atoms. The Labute approximate surface area is 165 Å². The number of aryl methyl sites for hydroxylation is 1. The fourth-order valence-electron chi connectivity index (χ4n) is 4.76. The van der Waals surface area contributed by atoms with E-state index in [1.807, 2.05) is 31.6 Å². The monoisotopic (exact) mass is 384 g/mol. The van der Waals surface area contributed by atoms with E-state index in [2.05, 4.69) is 15.3 Å². The number of nitrogens with zero attached hydrogens (tertiary/aromatic N) is 3. The molecule has 0 spiro atoms. The zero-order valence-corrected chi connectivity index (χ0v) is 16.5. The third-order valence-corrected chi connectivity index (χ3v) is 6.31. The van der Waals surface area contributed by atoms with E-state index in [9.17, 15) is 9.18 Å². The largest absolute Gasteiger partial charge is 0.339 e. The van der Waals surface area contributed by atoms with Crippen molar-refractivity contribution in [2.24, 2.45) is 13.0 Å². The van der Waals surface area contributed by atoms with E-state index >= 15 is 0 Å². The number of hydrogen-bond donors (Lipinski definition) is 1. The number of nitrogens with one attached hydrogen (secondary N) is 1. The highest BCUT2D eigenvalue weighted by molar-refractivity contribution is 5.81. The lowest BCUT2D eigenvalue weighted by molar-refractivity contribution is -0.137. The number of hydrogen-bond acceptors (Lipinski definition) is 3. The summed E-state index contributed by atoms with van der Waals surface area (Å²) in [5.74, 6) is 0.100. The molecule has 5 nitrogen and oxygen atoms in total. The molecule has 2 heterocycles. The fraction of sp³-hybridized carbons (Fsp3) is 0.545. The average Bonchev–Trinajstić information content (AvgIpc) is 3.44. The van der Waals surface area contributed by atoms with Crippen LogP contribution in [0.4, 0.5) is 4.39 Å². The van der Waals surface area contributed by atoms with Crippen LogP contribution in [0.1, 0.15) is 42.7 Å². The SMILES string of the molecule is Cn1cc([C@H]2CNC[C@@H]2C(=O)N(CCc2ccccc2F)C2CCCC2)cn1. The Kier molecular flexibility index (Phi) is 5.76. The van der Waals surface area contributed by atoms with Crippen molar-refractivity contribution in [3.63, 3.8) is 0 Å². The first-order valence-corrected chi connectivity index (χ1v) is 10.4. The minimum atomic E-state index is -0.183. The van der Waals surface area contributed by atoms with Crippen molar-refractivity contribution in [1.82, 2.24) is 20.0 Å². The number of rotatable bonds is 6. The van der Waals surface area contributed by atoms with Gasteiger partial charge in [-0.3, -0.25) is 9.48 Å². The highest BCUT2D eigenvalue weighted by Gasteiger charge is 2.39. The van der Waals surface area contributed by atoms with Gasteiger partial charge >= 0.3 is 0 Å². The Morgan fingerprint density at radius 2 is 2.07 bits per heavy atom. The van der Waals surface area contributed by atoms with Gasteiger partial charge in [-0.1, -0.05) is 31.0 Å². The van der Waals surface area contributed by atoms with Crippen molar-refractivity contribution >= 4 is 5.91 Å². The maximum Gasteiger partial charge on any atom is 0.227 e. The predicted molar refractivity (Wildman–Crippen MR) is 106 cm³/mol. The van der Waals surface area contributed by atoms with Crippen LogP contribution >= 0.6 is 0 Å². The Balaban J connectivity index is 1.52. The topological polar surface area (TPSA) is 50.2 Å². The highest BCUT2D eigenvalue weighted by atomic mass is 19.1. The van der Waals surface area contributed by atoms with Gasteiger partial charge < -0.3 is 10.2 Å². The van der Waals surface area contributed by atoms with Crippen LogP contribution in [0.15, 0.2) is 36.7 Å². The van der Waals surface area contributed by atoms with E-state index in [4.69, 9.17) is 0 Å². The molecule has 0 radical (unpaired) electrons. The van der Waals surface area contributed by atoms with E-state index in [0.717, 1.165) is 24.9 Å². The van der Waals surface area contributed by atoms with Gasteiger partial charge in [0, 0.05) is 44.8 Å². The van der Waals surface area contributed by atoms with Crippen LogP contribution in [-0.4, -0.2) is 46.3 Å². The highest BCUT2D eigenvalue weighted by Crippen LogP contribution is 2.32. The maximum atomic E-state index is 14.1. The molecule has 1 aliphatic carbocycles. The molecule has 2 aromatic rings. The van der Waals surface area contributed by atoms with Gasteiger partial charge in [0.05, 0.1) is 12.1 Å². The van der Waals surface area contributed by atoms with Crippen LogP contribution in [0, 0.1) is 11.7 Å². The summed E-state index contributed by atoms with van der Waals surface area (Å²) in [6, 6.07) is 7.17. The van der Waals surface area contributed by atoms with Gasteiger partial charge in [-0.25, -0.2) is 4.39 Å². The van der Waals surface area contributed by atoms with E-state index in [-0.39, 0.29) is 29.6 Å². The van der Waals surface area contributed by atoms with Gasteiger partial charge in [0.2, 0.25) is 5.91 Å². The van der Waals surface area contributed by atoms with Crippen LogP contribution in [0.2, 0.25) is 0 Å². The van der Waals surface area contributed by atoms with Crippen LogP contribution < -0.4 is 5.32 Å². The Morgan fingerprint density at radius 3 is 2.79 bits per heavy atom. The lowest BCUT2D eigenvalue weighted by atomic mass is 9.89. The Morgan fingerprint density at radius 1 is 1.29 bits per heavy atom. The average molecular weight is 384 g/mol. The van der Waals surface area contributed by atoms with E-state index in [0.29, 0.717) is 25.1 Å². The van der Waals surface area contributed by atoms with Crippen molar-refractivity contribution in [3.8, 4) is 0 Å². The smallest absolute Gasteiger partial charge is 0.227 e. The van der Waals surface area contributed by atoms with Crippen molar-refractivity contribution in [2.45, 2.75) is 44.1 Å². The molecule has 1 aliphatic heterocycles. The van der Waals surface area contributed by atoms with Crippen molar-refractivity contribution in [1.29, 1.82) is 0 Å². The van der Waals surface area contributed by atoms with Gasteiger partial charge in [0.25, 0.3) is 0 Å². The number of carbonyl (C=O) groups excluding carboxylic acids is 1. The minimum Gasteiger partial charge on any atom is -0.339 e. The molecule has 150 valence electrons. The van der Waals surface area contributed by atoms with Gasteiger partial charge in [0.15, 0.2) is 0 Å². The predicted octanol–water partition coefficient (Wildman–Crippen LogP) is 2.88. The lowest BCUT2D eigenvalue weighted by Crippen LogP contribution is -2.45. The maximum absolute atomic E-state index is 14.1. The minimum absolute atomic E-state index is 0.0783. The summed E-state index contributed by atoms with van der Waals surface area (Å²) >= 11 is 0. The molecular weight excluding hydrogens is 355 g/mol. The summed E-state index contributed by atoms with van der Waals surface area (Å²) in [6.45, 7) is 2.08. The normalized spacial score (nSPS) is 22.6. The molecule has 1 aromatic carbocycles. The van der Waals surface area contributed by atoms with E-state index in [1.54, 1.807) is 10.7 Å². The molecule has 1 N–H and O–H groups in total. The zero-order chi connectivity index (χ0) is 19.5. The van der Waals surface area contributed by atoms with Crippen LogP contribution in [0.3, 0.4) is 0 Å². The summed E-state index contributed by atoms with van der Waals surface area (Å²) in [5.41, 5.74) is 1.80. The van der Waals surface area contributed by atoms with Crippen LogP contribution in [0.5, 0.6) is 0 Å². The molecule has 2 atom stereocenters. The summed E-state index contributed by atoms with van der Waals surface area (Å²) in [6.07, 6.45) is 8.90.